The standard InChI is InChI=1S/C57H96O4/c1-3-5-7-9-11-13-15-17-19-21-23-25-27-28-29-31-33-35-37-39-41-43-45-47-49-51-53-60-55-56(54-58)61-57(59)52-50-48-46-44-42-40-38-36-34-32-30-26-24-22-20-18-16-14-12-10-8-6-4-2/h6,8,12,14-15,17-18,20-21,23-24,26-28,32,34,38,40,56,58H,3-5,7,9-11,13,16,19,22,25,29-31,33,35-37,39,41-55H2,1-2H3/b8-6-,14-12-,17-15-,20-18-,23-21-,26-24-,28-27-,34-32-,40-38-. The Morgan fingerprint density at radius 1 is 0.410 bits per heavy atom. The third-order valence-electron chi connectivity index (χ3n) is 10.6. The van der Waals surface area contributed by atoms with Crippen LogP contribution in [0.3, 0.4) is 0 Å². The lowest BCUT2D eigenvalue weighted by molar-refractivity contribution is -0.154. The predicted octanol–water partition coefficient (Wildman–Crippen LogP) is 17.4. The van der Waals surface area contributed by atoms with E-state index >= 15 is 0 Å². The number of carbonyl (C=O) groups excluding carboxylic acids is 1. The molecular formula is C57H96O4. The molecule has 0 saturated heterocycles. The van der Waals surface area contributed by atoms with Gasteiger partial charge in [0.15, 0.2) is 0 Å². The molecule has 0 fully saturated rings. The van der Waals surface area contributed by atoms with Crippen LogP contribution in [0.15, 0.2) is 109 Å². The SMILES string of the molecule is CC/C=C\C/C=C\C/C=C\C/C=C\C/C=C\C/C=C\CCCCCCC(=O)OC(CO)COCCCCCCCCCCCCC/C=C\C/C=C\C/C=C\CCCCCCC. The van der Waals surface area contributed by atoms with Crippen LogP contribution in [-0.2, 0) is 14.3 Å². The van der Waals surface area contributed by atoms with Gasteiger partial charge >= 0.3 is 5.97 Å². The monoisotopic (exact) mass is 845 g/mol. The van der Waals surface area contributed by atoms with Gasteiger partial charge in [0.2, 0.25) is 0 Å². The Morgan fingerprint density at radius 2 is 0.738 bits per heavy atom. The zero-order chi connectivity index (χ0) is 44.0. The van der Waals surface area contributed by atoms with Crippen LogP contribution in [0.2, 0.25) is 0 Å². The van der Waals surface area contributed by atoms with Crippen LogP contribution >= 0.6 is 0 Å². The van der Waals surface area contributed by atoms with Gasteiger partial charge in [0.25, 0.3) is 0 Å². The van der Waals surface area contributed by atoms with Gasteiger partial charge in [-0.05, 0) is 103 Å². The van der Waals surface area contributed by atoms with Gasteiger partial charge in [0, 0.05) is 13.0 Å². The molecule has 0 aromatic carbocycles. The second-order valence-corrected chi connectivity index (χ2v) is 16.5. The summed E-state index contributed by atoms with van der Waals surface area (Å²) >= 11 is 0. The molecular weight excluding hydrogens is 749 g/mol. The van der Waals surface area contributed by atoms with Crippen LogP contribution in [0.1, 0.15) is 219 Å². The summed E-state index contributed by atoms with van der Waals surface area (Å²) < 4.78 is 11.2. The largest absolute Gasteiger partial charge is 0.457 e. The van der Waals surface area contributed by atoms with Crippen molar-refractivity contribution in [3.8, 4) is 0 Å². The lowest BCUT2D eigenvalue weighted by atomic mass is 10.1. The summed E-state index contributed by atoms with van der Waals surface area (Å²) in [5.41, 5.74) is 0. The summed E-state index contributed by atoms with van der Waals surface area (Å²) in [4.78, 5) is 12.3. The van der Waals surface area contributed by atoms with Crippen LogP contribution in [0.4, 0.5) is 0 Å². The highest BCUT2D eigenvalue weighted by Crippen LogP contribution is 2.13. The third-order valence-corrected chi connectivity index (χ3v) is 10.6. The first-order chi connectivity index (χ1) is 30.2. The fraction of sp³-hybridized carbons (Fsp3) is 0.667. The minimum atomic E-state index is -0.559. The van der Waals surface area contributed by atoms with E-state index in [0.29, 0.717) is 13.0 Å². The molecule has 0 amide bonds. The molecule has 4 nitrogen and oxygen atoms in total. The Hall–Kier alpha value is -2.95. The molecule has 1 N–H and O–H groups in total. The maximum absolute atomic E-state index is 12.3. The van der Waals surface area contributed by atoms with Gasteiger partial charge in [0.05, 0.1) is 13.2 Å². The Bertz CT molecular complexity index is 1170. The zero-order valence-electron chi connectivity index (χ0n) is 39.9. The van der Waals surface area contributed by atoms with Gasteiger partial charge in [-0.15, -0.1) is 0 Å². The molecule has 0 spiro atoms. The highest BCUT2D eigenvalue weighted by Gasteiger charge is 2.13. The Labute approximate surface area is 378 Å². The molecule has 4 heteroatoms. The molecule has 0 radical (unpaired) electrons. The molecule has 1 unspecified atom stereocenters. The lowest BCUT2D eigenvalue weighted by Gasteiger charge is -2.15. The first-order valence-electron chi connectivity index (χ1n) is 25.5. The molecule has 348 valence electrons. The van der Waals surface area contributed by atoms with E-state index in [1.54, 1.807) is 0 Å². The van der Waals surface area contributed by atoms with E-state index < -0.39 is 6.10 Å². The molecule has 61 heavy (non-hydrogen) atoms. The summed E-state index contributed by atoms with van der Waals surface area (Å²) in [6, 6.07) is 0. The summed E-state index contributed by atoms with van der Waals surface area (Å²) in [5, 5.41) is 9.65. The fourth-order valence-corrected chi connectivity index (χ4v) is 6.81. The molecule has 0 saturated carbocycles. The molecule has 0 heterocycles. The number of aliphatic hydroxyl groups is 1. The maximum Gasteiger partial charge on any atom is 0.306 e. The number of ether oxygens (including phenoxy) is 2. The van der Waals surface area contributed by atoms with Gasteiger partial charge in [-0.2, -0.15) is 0 Å². The molecule has 0 aliphatic rings. The molecule has 0 aromatic heterocycles. The van der Waals surface area contributed by atoms with E-state index in [0.717, 1.165) is 89.9 Å². The van der Waals surface area contributed by atoms with Crippen molar-refractivity contribution >= 4 is 5.97 Å². The average molecular weight is 845 g/mol. The lowest BCUT2D eigenvalue weighted by Crippen LogP contribution is -2.27. The highest BCUT2D eigenvalue weighted by atomic mass is 16.6. The quantitative estimate of drug-likeness (QED) is 0.0377. The predicted molar refractivity (Wildman–Crippen MR) is 269 cm³/mol. The van der Waals surface area contributed by atoms with E-state index in [1.807, 2.05) is 0 Å². The van der Waals surface area contributed by atoms with Crippen LogP contribution in [-0.4, -0.2) is 37.0 Å². The van der Waals surface area contributed by atoms with E-state index in [-0.39, 0.29) is 19.2 Å². The van der Waals surface area contributed by atoms with E-state index in [2.05, 4.69) is 123 Å². The van der Waals surface area contributed by atoms with Gasteiger partial charge in [-0.3, -0.25) is 4.79 Å². The Morgan fingerprint density at radius 3 is 1.11 bits per heavy atom. The van der Waals surface area contributed by atoms with Crippen molar-refractivity contribution < 1.29 is 19.4 Å². The van der Waals surface area contributed by atoms with Crippen LogP contribution in [0.25, 0.3) is 0 Å². The second-order valence-electron chi connectivity index (χ2n) is 16.5. The van der Waals surface area contributed by atoms with E-state index in [4.69, 9.17) is 9.47 Å². The summed E-state index contributed by atoms with van der Waals surface area (Å²) in [6.07, 6.45) is 77.4. The molecule has 0 aliphatic carbocycles. The average Bonchev–Trinajstić information content (AvgIpc) is 3.27. The number of unbranched alkanes of at least 4 members (excludes halogenated alkanes) is 20. The maximum atomic E-state index is 12.3. The Balaban J connectivity index is 3.52. The van der Waals surface area contributed by atoms with Gasteiger partial charge in [-0.1, -0.05) is 220 Å². The third kappa shape index (κ3) is 51.3. The molecule has 1 atom stereocenters. The molecule has 0 aliphatic heterocycles. The fourth-order valence-electron chi connectivity index (χ4n) is 6.81. The van der Waals surface area contributed by atoms with Crippen molar-refractivity contribution in [2.75, 3.05) is 19.8 Å². The van der Waals surface area contributed by atoms with Crippen LogP contribution in [0.5, 0.6) is 0 Å². The van der Waals surface area contributed by atoms with Gasteiger partial charge in [0.1, 0.15) is 6.10 Å². The minimum Gasteiger partial charge on any atom is -0.457 e. The number of hydrogen-bond donors (Lipinski definition) is 1. The first-order valence-corrected chi connectivity index (χ1v) is 25.5. The topological polar surface area (TPSA) is 55.8 Å². The highest BCUT2D eigenvalue weighted by molar-refractivity contribution is 5.69. The zero-order valence-corrected chi connectivity index (χ0v) is 39.9. The number of carbonyl (C=O) groups is 1. The van der Waals surface area contributed by atoms with E-state index in [1.165, 1.54) is 109 Å². The van der Waals surface area contributed by atoms with Gasteiger partial charge in [-0.25, -0.2) is 0 Å². The molecule has 0 aromatic rings. The smallest absolute Gasteiger partial charge is 0.306 e. The van der Waals surface area contributed by atoms with Crippen molar-refractivity contribution in [2.45, 2.75) is 225 Å². The van der Waals surface area contributed by atoms with Crippen molar-refractivity contribution in [1.82, 2.24) is 0 Å². The van der Waals surface area contributed by atoms with Crippen LogP contribution in [0, 0.1) is 0 Å². The van der Waals surface area contributed by atoms with Crippen LogP contribution < -0.4 is 0 Å². The normalized spacial score (nSPS) is 13.3. The van der Waals surface area contributed by atoms with Gasteiger partial charge < -0.3 is 14.6 Å². The number of hydrogen-bond acceptors (Lipinski definition) is 4. The summed E-state index contributed by atoms with van der Waals surface area (Å²) in [7, 11) is 0. The first kappa shape index (κ1) is 58.1. The van der Waals surface area contributed by atoms with Crippen molar-refractivity contribution in [2.24, 2.45) is 0 Å². The molecule has 0 bridgehead atoms. The molecule has 0 rings (SSSR count). The van der Waals surface area contributed by atoms with Crippen molar-refractivity contribution in [3.05, 3.63) is 109 Å². The number of aliphatic hydroxyl groups excluding tert-OH is 1. The van der Waals surface area contributed by atoms with E-state index in [9.17, 15) is 9.90 Å². The number of rotatable bonds is 46. The summed E-state index contributed by atoms with van der Waals surface area (Å²) in [5.74, 6) is -0.229. The number of esters is 1. The minimum absolute atomic E-state index is 0.190. The second kappa shape index (κ2) is 53.2. The Kier molecular flexibility index (Phi) is 50.6. The van der Waals surface area contributed by atoms with Crippen molar-refractivity contribution in [3.63, 3.8) is 0 Å². The van der Waals surface area contributed by atoms with Crippen molar-refractivity contribution in [1.29, 1.82) is 0 Å². The summed E-state index contributed by atoms with van der Waals surface area (Å²) in [6.45, 7) is 5.18. The number of allylic oxidation sites excluding steroid dienone is 18.